The highest BCUT2D eigenvalue weighted by Crippen LogP contribution is 2.41. The highest BCUT2D eigenvalue weighted by Gasteiger charge is 2.19. The second-order valence-electron chi connectivity index (χ2n) is 7.69. The molecule has 2 heterocycles. The minimum atomic E-state index is 0.516. The van der Waals surface area contributed by atoms with Crippen LogP contribution in [0.25, 0.3) is 48.9 Å². The third-order valence-electron chi connectivity index (χ3n) is 5.85. The second-order valence-corrected chi connectivity index (χ2v) is 7.69. The van der Waals surface area contributed by atoms with E-state index in [2.05, 4.69) is 91.0 Å². The van der Waals surface area contributed by atoms with Gasteiger partial charge in [0.05, 0.1) is 16.6 Å². The van der Waals surface area contributed by atoms with E-state index in [1.165, 1.54) is 54.4 Å². The van der Waals surface area contributed by atoms with E-state index in [9.17, 15) is 0 Å². The minimum Gasteiger partial charge on any atom is -0.308 e. The van der Waals surface area contributed by atoms with Crippen molar-refractivity contribution >= 4 is 48.9 Å². The van der Waals surface area contributed by atoms with E-state index in [1.54, 1.807) is 0 Å². The fourth-order valence-corrected chi connectivity index (χ4v) is 4.54. The zero-order chi connectivity index (χ0) is 17.4. The number of rotatable bonds is 1. The molecule has 0 saturated heterocycles. The van der Waals surface area contributed by atoms with Crippen molar-refractivity contribution in [1.29, 1.82) is 0 Å². The van der Waals surface area contributed by atoms with E-state index in [4.69, 9.17) is 0 Å². The van der Waals surface area contributed by atoms with E-state index < -0.39 is 0 Å². The molecule has 26 heavy (non-hydrogen) atoms. The van der Waals surface area contributed by atoms with Crippen LogP contribution in [0.4, 0.5) is 0 Å². The molecule has 0 N–H and O–H groups in total. The number of para-hydroxylation sites is 1. The smallest absolute Gasteiger partial charge is 0.0620 e. The lowest BCUT2D eigenvalue weighted by Crippen LogP contribution is -1.86. The number of aromatic nitrogens is 1. The Morgan fingerprint density at radius 2 is 1.27 bits per heavy atom. The van der Waals surface area contributed by atoms with Crippen LogP contribution in [0.3, 0.4) is 0 Å². The van der Waals surface area contributed by atoms with E-state index >= 15 is 0 Å². The van der Waals surface area contributed by atoms with Gasteiger partial charge in [-0.15, -0.1) is 0 Å². The molecule has 0 aliphatic heterocycles. The second kappa shape index (κ2) is 4.76. The molecule has 0 radical (unpaired) electrons. The first kappa shape index (κ1) is 14.1. The molecule has 124 valence electrons. The van der Waals surface area contributed by atoms with Crippen molar-refractivity contribution in [2.45, 2.75) is 19.8 Å². The topological polar surface area (TPSA) is 4.41 Å². The van der Waals surface area contributed by atoms with Gasteiger partial charge in [-0.3, -0.25) is 0 Å². The summed E-state index contributed by atoms with van der Waals surface area (Å²) in [6.07, 6.45) is 0. The standard InChI is InChI=1S/C25H19N/c1-15(2)18-12-21-19-9-5-6-10-23(19)26-24-14-17-8-4-3-7-16(17)11-20(24)22(13-18)25(21)26/h3-15H,1-2H3. The van der Waals surface area contributed by atoms with Crippen molar-refractivity contribution in [3.63, 3.8) is 0 Å². The molecule has 0 bridgehead atoms. The quantitative estimate of drug-likeness (QED) is 0.302. The van der Waals surface area contributed by atoms with E-state index in [1.807, 2.05) is 0 Å². The van der Waals surface area contributed by atoms with Crippen LogP contribution in [0, 0.1) is 0 Å². The number of hydrogen-bond donors (Lipinski definition) is 0. The molecule has 6 aromatic rings. The van der Waals surface area contributed by atoms with Crippen molar-refractivity contribution in [3.05, 3.63) is 78.4 Å². The van der Waals surface area contributed by atoms with E-state index in [0.717, 1.165) is 0 Å². The molecule has 0 spiro atoms. The molecule has 0 aliphatic rings. The Bertz CT molecular complexity index is 1450. The predicted octanol–water partition coefficient (Wildman–Crippen LogP) is 7.11. The first-order valence-electron chi connectivity index (χ1n) is 9.33. The summed E-state index contributed by atoms with van der Waals surface area (Å²) in [5.74, 6) is 0.516. The summed E-state index contributed by atoms with van der Waals surface area (Å²) in [7, 11) is 0. The maximum Gasteiger partial charge on any atom is 0.0620 e. The minimum absolute atomic E-state index is 0.516. The lowest BCUT2D eigenvalue weighted by molar-refractivity contribution is 0.870. The molecule has 6 rings (SSSR count). The summed E-state index contributed by atoms with van der Waals surface area (Å²) in [6, 6.07) is 27.0. The molecule has 0 amide bonds. The van der Waals surface area contributed by atoms with Gasteiger partial charge in [0.25, 0.3) is 0 Å². The van der Waals surface area contributed by atoms with Gasteiger partial charge in [-0.25, -0.2) is 0 Å². The van der Waals surface area contributed by atoms with Crippen LogP contribution >= 0.6 is 0 Å². The van der Waals surface area contributed by atoms with Gasteiger partial charge in [0.15, 0.2) is 0 Å². The first-order chi connectivity index (χ1) is 12.7. The first-order valence-corrected chi connectivity index (χ1v) is 9.33. The zero-order valence-corrected chi connectivity index (χ0v) is 15.0. The Morgan fingerprint density at radius 1 is 0.615 bits per heavy atom. The Labute approximate surface area is 151 Å². The molecule has 0 saturated carbocycles. The van der Waals surface area contributed by atoms with Crippen LogP contribution < -0.4 is 0 Å². The largest absolute Gasteiger partial charge is 0.308 e. The lowest BCUT2D eigenvalue weighted by atomic mass is 9.97. The molecule has 1 heteroatoms. The zero-order valence-electron chi connectivity index (χ0n) is 15.0. The van der Waals surface area contributed by atoms with Crippen LogP contribution in [-0.4, -0.2) is 4.40 Å². The number of hydrogen-bond acceptors (Lipinski definition) is 0. The molecule has 4 aromatic carbocycles. The Hall–Kier alpha value is -3.06. The predicted molar refractivity (Wildman–Crippen MR) is 113 cm³/mol. The molecule has 0 fully saturated rings. The van der Waals surface area contributed by atoms with Crippen molar-refractivity contribution in [3.8, 4) is 0 Å². The van der Waals surface area contributed by atoms with Gasteiger partial charge in [0, 0.05) is 21.5 Å². The van der Waals surface area contributed by atoms with Gasteiger partial charge < -0.3 is 4.40 Å². The van der Waals surface area contributed by atoms with Gasteiger partial charge in [-0.05, 0) is 52.6 Å². The third kappa shape index (κ3) is 1.65. The average molecular weight is 333 g/mol. The van der Waals surface area contributed by atoms with Crippen molar-refractivity contribution in [2.24, 2.45) is 0 Å². The molecular weight excluding hydrogens is 314 g/mol. The van der Waals surface area contributed by atoms with Crippen LogP contribution in [0.5, 0.6) is 0 Å². The fraction of sp³-hybridized carbons (Fsp3) is 0.120. The summed E-state index contributed by atoms with van der Waals surface area (Å²) in [5, 5.41) is 8.07. The highest BCUT2D eigenvalue weighted by molar-refractivity contribution is 6.24. The normalized spacial score (nSPS) is 12.6. The lowest BCUT2D eigenvalue weighted by Gasteiger charge is -2.06. The van der Waals surface area contributed by atoms with Gasteiger partial charge in [-0.2, -0.15) is 0 Å². The molecule has 2 aromatic heterocycles. The van der Waals surface area contributed by atoms with E-state index in [0.29, 0.717) is 5.92 Å². The van der Waals surface area contributed by atoms with Crippen LogP contribution in [0.15, 0.2) is 72.8 Å². The third-order valence-corrected chi connectivity index (χ3v) is 5.85. The van der Waals surface area contributed by atoms with Gasteiger partial charge >= 0.3 is 0 Å². The number of fused-ring (bicyclic) bond motifs is 7. The monoisotopic (exact) mass is 333 g/mol. The summed E-state index contributed by atoms with van der Waals surface area (Å²) >= 11 is 0. The van der Waals surface area contributed by atoms with Gasteiger partial charge in [0.2, 0.25) is 0 Å². The van der Waals surface area contributed by atoms with Crippen molar-refractivity contribution < 1.29 is 0 Å². The summed E-state index contributed by atoms with van der Waals surface area (Å²) in [6.45, 7) is 4.56. The maximum atomic E-state index is 2.46. The summed E-state index contributed by atoms with van der Waals surface area (Å²) in [5.41, 5.74) is 5.39. The summed E-state index contributed by atoms with van der Waals surface area (Å²) < 4.78 is 2.46. The molecule has 1 nitrogen and oxygen atoms in total. The molecule has 0 unspecified atom stereocenters. The number of benzene rings is 4. The Kier molecular flexibility index (Phi) is 2.59. The van der Waals surface area contributed by atoms with Crippen molar-refractivity contribution in [1.82, 2.24) is 4.40 Å². The molecular formula is C25H19N. The van der Waals surface area contributed by atoms with E-state index in [-0.39, 0.29) is 0 Å². The molecule has 0 aliphatic carbocycles. The SMILES string of the molecule is CC(C)c1cc2c3ccccc3n3c4cc5ccccc5cc4c(c1)c23. The highest BCUT2D eigenvalue weighted by atomic mass is 14.9. The van der Waals surface area contributed by atoms with Gasteiger partial charge in [-0.1, -0.05) is 56.3 Å². The van der Waals surface area contributed by atoms with Crippen LogP contribution in [-0.2, 0) is 0 Å². The summed E-state index contributed by atoms with van der Waals surface area (Å²) in [4.78, 5) is 0. The average Bonchev–Trinajstić information content (AvgIpc) is 3.17. The van der Waals surface area contributed by atoms with Crippen LogP contribution in [0.1, 0.15) is 25.3 Å². The Balaban J connectivity index is 1.98. The van der Waals surface area contributed by atoms with Gasteiger partial charge in [0.1, 0.15) is 0 Å². The Morgan fingerprint density at radius 3 is 2.04 bits per heavy atom. The number of nitrogens with zero attached hydrogens (tertiary/aromatic N) is 1. The van der Waals surface area contributed by atoms with Crippen molar-refractivity contribution in [2.75, 3.05) is 0 Å². The molecule has 0 atom stereocenters. The maximum absolute atomic E-state index is 2.46. The van der Waals surface area contributed by atoms with Crippen LogP contribution in [0.2, 0.25) is 0 Å². The fourth-order valence-electron chi connectivity index (χ4n) is 4.54.